The van der Waals surface area contributed by atoms with Gasteiger partial charge in [-0.25, -0.2) is 0 Å². The molecular formula is C10H10F6O. The standard InChI is InChI=1S/C10H10F6O/c11-8(12,13)3-17-7-5-2-1-4-6(7)9(4,5)10(14,15)16/h4-7H,1-3H2/t4-,5+,6-,7-,9-/m0/s1. The highest BCUT2D eigenvalue weighted by molar-refractivity contribution is 5.33. The average molecular weight is 260 g/mol. The molecular weight excluding hydrogens is 250 g/mol. The third-order valence-corrected chi connectivity index (χ3v) is 4.57. The molecule has 0 unspecified atom stereocenters. The lowest BCUT2D eigenvalue weighted by Crippen LogP contribution is -2.52. The van der Waals surface area contributed by atoms with E-state index in [1.807, 2.05) is 0 Å². The minimum atomic E-state index is -4.47. The summed E-state index contributed by atoms with van der Waals surface area (Å²) >= 11 is 0. The van der Waals surface area contributed by atoms with Crippen LogP contribution < -0.4 is 0 Å². The number of hydrogen-bond acceptors (Lipinski definition) is 1. The Labute approximate surface area is 93.1 Å². The van der Waals surface area contributed by atoms with Gasteiger partial charge in [0.1, 0.15) is 6.61 Å². The van der Waals surface area contributed by atoms with E-state index >= 15 is 0 Å². The van der Waals surface area contributed by atoms with Crippen LogP contribution in [0.15, 0.2) is 0 Å². The number of halogens is 6. The van der Waals surface area contributed by atoms with Crippen molar-refractivity contribution in [2.45, 2.75) is 31.3 Å². The van der Waals surface area contributed by atoms with Gasteiger partial charge in [-0.3, -0.25) is 0 Å². The summed E-state index contributed by atoms with van der Waals surface area (Å²) < 4.78 is 79.0. The molecule has 3 saturated carbocycles. The van der Waals surface area contributed by atoms with Crippen LogP contribution in [0.2, 0.25) is 0 Å². The van der Waals surface area contributed by atoms with Crippen molar-refractivity contribution >= 4 is 0 Å². The summed E-state index contributed by atoms with van der Waals surface area (Å²) in [7, 11) is 0. The molecule has 3 rings (SSSR count). The molecule has 1 nitrogen and oxygen atoms in total. The van der Waals surface area contributed by atoms with Crippen LogP contribution in [-0.2, 0) is 4.74 Å². The lowest BCUT2D eigenvalue weighted by Gasteiger charge is -2.44. The van der Waals surface area contributed by atoms with Crippen molar-refractivity contribution < 1.29 is 31.1 Å². The third kappa shape index (κ3) is 1.26. The normalized spacial score (nSPS) is 47.6. The number of alkyl halides is 6. The first-order chi connectivity index (χ1) is 7.69. The van der Waals surface area contributed by atoms with Crippen molar-refractivity contribution in [2.75, 3.05) is 6.61 Å². The van der Waals surface area contributed by atoms with Gasteiger partial charge in [-0.05, 0) is 18.8 Å². The maximum atomic E-state index is 12.8. The molecule has 0 saturated heterocycles. The lowest BCUT2D eigenvalue weighted by atomic mass is 9.69. The van der Waals surface area contributed by atoms with Gasteiger partial charge in [-0.2, -0.15) is 26.3 Å². The molecule has 3 aliphatic rings. The first kappa shape index (κ1) is 11.6. The molecule has 0 N–H and O–H groups in total. The molecule has 17 heavy (non-hydrogen) atoms. The minimum absolute atomic E-state index is 0.337. The molecule has 0 spiro atoms. The Kier molecular flexibility index (Phi) is 2.00. The van der Waals surface area contributed by atoms with E-state index in [0.29, 0.717) is 12.8 Å². The van der Waals surface area contributed by atoms with Gasteiger partial charge in [-0.1, -0.05) is 0 Å². The summed E-state index contributed by atoms with van der Waals surface area (Å²) in [6.45, 7) is -1.44. The van der Waals surface area contributed by atoms with Crippen LogP contribution in [0.5, 0.6) is 0 Å². The molecule has 98 valence electrons. The van der Waals surface area contributed by atoms with Crippen LogP contribution >= 0.6 is 0 Å². The maximum Gasteiger partial charge on any atom is 0.411 e. The number of fused-ring (bicyclic) bond motifs is 1. The third-order valence-electron chi connectivity index (χ3n) is 4.57. The molecule has 0 aromatic rings. The molecule has 0 amide bonds. The first-order valence-corrected chi connectivity index (χ1v) is 5.44. The second-order valence-corrected chi connectivity index (χ2v) is 5.14. The Bertz CT molecular complexity index is 348. The van der Waals surface area contributed by atoms with Crippen molar-refractivity contribution in [2.24, 2.45) is 23.2 Å². The van der Waals surface area contributed by atoms with E-state index in [1.54, 1.807) is 0 Å². The minimum Gasteiger partial charge on any atom is -0.368 e. The number of hydrogen-bond donors (Lipinski definition) is 0. The largest absolute Gasteiger partial charge is 0.411 e. The molecule has 5 atom stereocenters. The molecule has 0 bridgehead atoms. The van der Waals surface area contributed by atoms with Crippen molar-refractivity contribution in [3.8, 4) is 0 Å². The lowest BCUT2D eigenvalue weighted by molar-refractivity contribution is -0.271. The molecule has 7 heteroatoms. The SMILES string of the molecule is FC(F)(F)CO[C@@H]1[C@@H]2[C@@H]3CC[C@H]1[C@]23C(F)(F)F. The Balaban J connectivity index is 1.68. The molecule has 3 aliphatic carbocycles. The first-order valence-electron chi connectivity index (χ1n) is 5.44. The fraction of sp³-hybridized carbons (Fsp3) is 1.00. The summed E-state index contributed by atoms with van der Waals surface area (Å²) in [5.74, 6) is -1.96. The Morgan fingerprint density at radius 2 is 1.59 bits per heavy atom. The van der Waals surface area contributed by atoms with Crippen LogP contribution in [0.3, 0.4) is 0 Å². The van der Waals surface area contributed by atoms with Gasteiger partial charge in [0.15, 0.2) is 0 Å². The van der Waals surface area contributed by atoms with E-state index in [9.17, 15) is 26.3 Å². The van der Waals surface area contributed by atoms with E-state index in [1.165, 1.54) is 0 Å². The van der Waals surface area contributed by atoms with Crippen LogP contribution in [0.1, 0.15) is 12.8 Å². The van der Waals surface area contributed by atoms with Crippen molar-refractivity contribution in [1.82, 2.24) is 0 Å². The summed E-state index contributed by atoms with van der Waals surface area (Å²) in [5, 5.41) is 0. The number of ether oxygens (including phenoxy) is 1. The zero-order chi connectivity index (χ0) is 12.6. The van der Waals surface area contributed by atoms with E-state index in [-0.39, 0.29) is 0 Å². The van der Waals surface area contributed by atoms with Gasteiger partial charge in [0.05, 0.1) is 11.5 Å². The van der Waals surface area contributed by atoms with Gasteiger partial charge in [0.25, 0.3) is 0 Å². The number of rotatable bonds is 2. The second-order valence-electron chi connectivity index (χ2n) is 5.14. The van der Waals surface area contributed by atoms with E-state index < -0.39 is 48.2 Å². The highest BCUT2D eigenvalue weighted by Gasteiger charge is 2.92. The van der Waals surface area contributed by atoms with Gasteiger partial charge >= 0.3 is 12.4 Å². The van der Waals surface area contributed by atoms with Crippen molar-refractivity contribution in [3.63, 3.8) is 0 Å². The van der Waals surface area contributed by atoms with E-state index in [2.05, 4.69) is 4.74 Å². The van der Waals surface area contributed by atoms with Crippen LogP contribution in [0, 0.1) is 23.2 Å². The van der Waals surface area contributed by atoms with Gasteiger partial charge in [0.2, 0.25) is 0 Å². The molecule has 0 aromatic heterocycles. The summed E-state index contributed by atoms with van der Waals surface area (Å²) in [4.78, 5) is 0. The fourth-order valence-corrected chi connectivity index (χ4v) is 4.14. The molecule has 3 fully saturated rings. The predicted octanol–water partition coefficient (Wildman–Crippen LogP) is 3.15. The average Bonchev–Trinajstić information content (AvgIpc) is 2.55. The predicted molar refractivity (Wildman–Crippen MR) is 44.0 cm³/mol. The van der Waals surface area contributed by atoms with Crippen molar-refractivity contribution in [3.05, 3.63) is 0 Å². The summed E-state index contributed by atoms with van der Waals surface area (Å²) in [5.41, 5.74) is -1.69. The molecule has 0 aromatic carbocycles. The zero-order valence-electron chi connectivity index (χ0n) is 8.61. The van der Waals surface area contributed by atoms with E-state index in [0.717, 1.165) is 0 Å². The zero-order valence-corrected chi connectivity index (χ0v) is 8.61. The monoisotopic (exact) mass is 260 g/mol. The molecule has 0 radical (unpaired) electrons. The van der Waals surface area contributed by atoms with Crippen LogP contribution in [0.4, 0.5) is 26.3 Å². The van der Waals surface area contributed by atoms with Gasteiger partial charge in [0, 0.05) is 11.8 Å². The van der Waals surface area contributed by atoms with Crippen LogP contribution in [-0.4, -0.2) is 25.1 Å². The van der Waals surface area contributed by atoms with Crippen molar-refractivity contribution in [1.29, 1.82) is 0 Å². The Morgan fingerprint density at radius 1 is 1.00 bits per heavy atom. The van der Waals surface area contributed by atoms with Gasteiger partial charge in [-0.15, -0.1) is 0 Å². The highest BCUT2D eigenvalue weighted by atomic mass is 19.4. The Morgan fingerprint density at radius 3 is 2.00 bits per heavy atom. The smallest absolute Gasteiger partial charge is 0.368 e. The van der Waals surface area contributed by atoms with E-state index in [4.69, 9.17) is 0 Å². The molecule has 0 aliphatic heterocycles. The fourth-order valence-electron chi connectivity index (χ4n) is 4.14. The Hall–Kier alpha value is -0.460. The summed E-state index contributed by atoms with van der Waals surface area (Å²) in [6, 6.07) is 0. The summed E-state index contributed by atoms with van der Waals surface area (Å²) in [6.07, 6.45) is -8.78. The second kappa shape index (κ2) is 2.92. The van der Waals surface area contributed by atoms with Gasteiger partial charge < -0.3 is 4.74 Å². The topological polar surface area (TPSA) is 9.23 Å². The molecule has 0 heterocycles. The van der Waals surface area contributed by atoms with Crippen LogP contribution in [0.25, 0.3) is 0 Å². The highest BCUT2D eigenvalue weighted by Crippen LogP contribution is 2.87. The quantitative estimate of drug-likeness (QED) is 0.693. The maximum absolute atomic E-state index is 12.8.